The maximum Gasteiger partial charge on any atom is 0.424 e. The van der Waals surface area contributed by atoms with Gasteiger partial charge in [0.2, 0.25) is 0 Å². The molecular formula is C53H73N9O8. The summed E-state index contributed by atoms with van der Waals surface area (Å²) in [7, 11) is 7.84. The average Bonchev–Trinajstić information content (AvgIpc) is 4.04. The summed E-state index contributed by atoms with van der Waals surface area (Å²) in [4.78, 5) is 66.5. The number of fused-ring (bicyclic) bond motifs is 6. The predicted octanol–water partition coefficient (Wildman–Crippen LogP) is 9.43. The standard InChI is InChI=1S/C40H44N8O4.C4H7NO3.C3H8.C2H6O.C2H6.C2H2/c1-5-16-46(3)22-36-43-32-15-13-26-19-31-29-14-12-27(18-28(29)24-52-34(31)20-30(26)37(32)45-36)33-21-42-35(44-33)23-47(17-6-2)39(49)38(48(41)40(50)51-4)25-10-8-7-9-11-25;1-8-4(7)5-2-3-6;2*1-3-2;2*1-2/h7-15,18-21,38H,5-6,16-17,22-24,41H2,1-4H3,(H,42,44)(H,43,45);3H,2H2,1H3,(H,5,7);3H2,1-2H3;1-2H3;1-2H3;1-2H/t38-;;;;;/m1...../s1. The van der Waals surface area contributed by atoms with Gasteiger partial charge in [-0.1, -0.05) is 96.5 Å². The summed E-state index contributed by atoms with van der Waals surface area (Å²) in [5.74, 6) is 8.22. The Hall–Kier alpha value is -7.26. The van der Waals surface area contributed by atoms with Crippen LogP contribution in [0.1, 0.15) is 89.6 Å². The summed E-state index contributed by atoms with van der Waals surface area (Å²) in [6, 6.07) is 22.8. The Kier molecular flexibility index (Phi) is 26.7. The SMILES string of the molecule is C#C.CC.CCC.CCCN(C)Cc1nc2c(ccc3cc4c(cc32)OCc2cc(-c3cnc(CN(CCC)C(=O)[C@@H](c5ccccc5)N(N)C(=O)OC)[nH]3)ccc2-4)[nH]1.COC.COC(=O)NCC=O. The molecule has 4 aromatic carbocycles. The number of hydrogen-bond acceptors (Lipinski definition) is 12. The number of nitrogens with one attached hydrogen (secondary N) is 3. The van der Waals surface area contributed by atoms with Gasteiger partial charge in [0.1, 0.15) is 30.3 Å². The zero-order valence-corrected chi connectivity index (χ0v) is 42.8. The molecule has 378 valence electrons. The molecule has 0 spiro atoms. The van der Waals surface area contributed by atoms with E-state index in [9.17, 15) is 19.2 Å². The van der Waals surface area contributed by atoms with E-state index < -0.39 is 18.2 Å². The fraction of sp³-hybridized carbons (Fsp3) is 0.396. The summed E-state index contributed by atoms with van der Waals surface area (Å²) >= 11 is 0. The molecule has 17 heteroatoms. The molecule has 0 radical (unpaired) electrons. The summed E-state index contributed by atoms with van der Waals surface area (Å²) in [6.07, 6.45) is 12.0. The monoisotopic (exact) mass is 964 g/mol. The normalized spacial score (nSPS) is 11.0. The van der Waals surface area contributed by atoms with Gasteiger partial charge < -0.3 is 43.9 Å². The number of hydrogen-bond donors (Lipinski definition) is 4. The zero-order valence-electron chi connectivity index (χ0n) is 42.8. The van der Waals surface area contributed by atoms with Crippen LogP contribution >= 0.6 is 0 Å². The van der Waals surface area contributed by atoms with Crippen molar-refractivity contribution >= 4 is 46.2 Å². The van der Waals surface area contributed by atoms with Crippen molar-refractivity contribution in [2.24, 2.45) is 5.84 Å². The van der Waals surface area contributed by atoms with E-state index in [0.717, 1.165) is 85.8 Å². The molecule has 5 N–H and O–H groups in total. The third-order valence-electron chi connectivity index (χ3n) is 10.0. The Morgan fingerprint density at radius 3 is 2.16 bits per heavy atom. The molecule has 1 atom stereocenters. The highest BCUT2D eigenvalue weighted by atomic mass is 16.5. The molecule has 7 rings (SSSR count). The van der Waals surface area contributed by atoms with Gasteiger partial charge >= 0.3 is 12.2 Å². The van der Waals surface area contributed by atoms with Crippen LogP contribution in [0.3, 0.4) is 0 Å². The second kappa shape index (κ2) is 31.7. The highest BCUT2D eigenvalue weighted by Gasteiger charge is 2.34. The summed E-state index contributed by atoms with van der Waals surface area (Å²) in [5, 5.41) is 5.17. The maximum atomic E-state index is 14.0. The van der Waals surface area contributed by atoms with E-state index in [1.807, 2.05) is 26.8 Å². The van der Waals surface area contributed by atoms with Crippen LogP contribution in [0.25, 0.3) is 44.2 Å². The van der Waals surface area contributed by atoms with Crippen LogP contribution in [0.15, 0.2) is 79.0 Å². The first-order chi connectivity index (χ1) is 33.9. The number of nitrogens with two attached hydrogens (primary N) is 1. The number of methoxy groups -OCH3 is 3. The first-order valence-corrected chi connectivity index (χ1v) is 23.3. The number of aldehydes is 1. The molecule has 2 aromatic heterocycles. The minimum atomic E-state index is -1.06. The number of imidazole rings is 2. The highest BCUT2D eigenvalue weighted by Crippen LogP contribution is 2.42. The fourth-order valence-corrected chi connectivity index (χ4v) is 7.24. The van der Waals surface area contributed by atoms with E-state index in [4.69, 9.17) is 20.3 Å². The van der Waals surface area contributed by atoms with Gasteiger partial charge in [0, 0.05) is 31.7 Å². The lowest BCUT2D eigenvalue weighted by atomic mass is 9.92. The Morgan fingerprint density at radius 1 is 0.871 bits per heavy atom. The molecule has 70 heavy (non-hydrogen) atoms. The van der Waals surface area contributed by atoms with Gasteiger partial charge in [-0.2, -0.15) is 0 Å². The molecule has 1 aliphatic heterocycles. The third-order valence-corrected chi connectivity index (χ3v) is 10.0. The smallest absolute Gasteiger partial charge is 0.424 e. The molecule has 3 amide bonds. The number of benzene rings is 4. The van der Waals surface area contributed by atoms with E-state index in [0.29, 0.717) is 37.2 Å². The van der Waals surface area contributed by atoms with Gasteiger partial charge in [-0.25, -0.2) is 30.4 Å². The number of aromatic amines is 2. The van der Waals surface area contributed by atoms with Crippen LogP contribution in [0, 0.1) is 12.8 Å². The number of H-pyrrole nitrogens is 2. The molecule has 0 saturated carbocycles. The number of aromatic nitrogens is 4. The molecule has 0 fully saturated rings. The van der Waals surface area contributed by atoms with Crippen molar-refractivity contribution in [3.8, 4) is 41.0 Å². The zero-order chi connectivity index (χ0) is 52.2. The van der Waals surface area contributed by atoms with Gasteiger partial charge in [0.15, 0.2) is 6.04 Å². The van der Waals surface area contributed by atoms with Crippen LogP contribution < -0.4 is 15.9 Å². The fourth-order valence-electron chi connectivity index (χ4n) is 7.24. The Labute approximate surface area is 413 Å². The first kappa shape index (κ1) is 58.9. The number of amides is 3. The van der Waals surface area contributed by atoms with Crippen LogP contribution in [0.5, 0.6) is 5.75 Å². The largest absolute Gasteiger partial charge is 0.488 e. The number of ether oxygens (including phenoxy) is 4. The van der Waals surface area contributed by atoms with Crippen LogP contribution in [0.4, 0.5) is 9.59 Å². The number of hydrazine groups is 1. The number of alkyl carbamates (subject to hydrolysis) is 1. The third kappa shape index (κ3) is 16.5. The topological polar surface area (TPSA) is 210 Å². The van der Waals surface area contributed by atoms with Crippen molar-refractivity contribution in [3.63, 3.8) is 0 Å². The highest BCUT2D eigenvalue weighted by molar-refractivity contribution is 6.07. The van der Waals surface area contributed by atoms with E-state index in [2.05, 4.69) is 118 Å². The Bertz CT molecular complexity index is 2540. The second-order valence-corrected chi connectivity index (χ2v) is 15.5. The summed E-state index contributed by atoms with van der Waals surface area (Å²) < 4.78 is 19.6. The molecule has 6 aromatic rings. The molecule has 0 aliphatic carbocycles. The minimum absolute atomic E-state index is 0.00662. The van der Waals surface area contributed by atoms with E-state index in [1.54, 1.807) is 49.6 Å². The number of rotatable bonds is 14. The van der Waals surface area contributed by atoms with Gasteiger partial charge in [0.25, 0.3) is 5.91 Å². The lowest BCUT2D eigenvalue weighted by Gasteiger charge is -2.31. The molecule has 0 bridgehead atoms. The van der Waals surface area contributed by atoms with Gasteiger partial charge in [0.05, 0.1) is 56.8 Å². The van der Waals surface area contributed by atoms with Gasteiger partial charge in [-0.3, -0.25) is 9.69 Å². The van der Waals surface area contributed by atoms with Crippen LogP contribution in [-0.2, 0) is 43.5 Å². The lowest BCUT2D eigenvalue weighted by Crippen LogP contribution is -2.49. The molecule has 0 unspecified atom stereocenters. The maximum absolute atomic E-state index is 14.0. The van der Waals surface area contributed by atoms with Crippen LogP contribution in [0.2, 0.25) is 0 Å². The summed E-state index contributed by atoms with van der Waals surface area (Å²) in [5.41, 5.74) is 7.58. The van der Waals surface area contributed by atoms with Gasteiger partial charge in [-0.15, -0.1) is 12.8 Å². The van der Waals surface area contributed by atoms with Crippen molar-refractivity contribution < 1.29 is 38.1 Å². The van der Waals surface area contributed by atoms with Crippen molar-refractivity contribution in [3.05, 3.63) is 102 Å². The van der Waals surface area contributed by atoms with E-state index in [-0.39, 0.29) is 19.0 Å². The number of terminal acetylenes is 1. The summed E-state index contributed by atoms with van der Waals surface area (Å²) in [6.45, 7) is 15.3. The molecular weight excluding hydrogens is 891 g/mol. The molecule has 1 aliphatic rings. The van der Waals surface area contributed by atoms with Crippen molar-refractivity contribution in [1.82, 2.24) is 40.1 Å². The first-order valence-electron chi connectivity index (χ1n) is 23.3. The van der Waals surface area contributed by atoms with Crippen molar-refractivity contribution in [2.45, 2.75) is 86.5 Å². The predicted molar refractivity (Wildman–Crippen MR) is 278 cm³/mol. The van der Waals surface area contributed by atoms with Crippen LogP contribution in [-0.4, -0.2) is 114 Å². The molecule has 0 saturated heterocycles. The van der Waals surface area contributed by atoms with E-state index in [1.165, 1.54) is 20.6 Å². The van der Waals surface area contributed by atoms with Crippen molar-refractivity contribution in [2.75, 3.05) is 55.1 Å². The van der Waals surface area contributed by atoms with Crippen molar-refractivity contribution in [1.29, 1.82) is 0 Å². The van der Waals surface area contributed by atoms with Gasteiger partial charge in [-0.05, 0) is 78.3 Å². The minimum Gasteiger partial charge on any atom is -0.488 e. The Balaban J connectivity index is 0.000000810. The lowest BCUT2D eigenvalue weighted by molar-refractivity contribution is -0.137. The average molecular weight is 964 g/mol. The number of carbonyl (C=O) groups is 4. The van der Waals surface area contributed by atoms with E-state index >= 15 is 0 Å². The number of nitrogens with zero attached hydrogens (tertiary/aromatic N) is 5. The Morgan fingerprint density at radius 2 is 1.54 bits per heavy atom. The molecule has 3 heterocycles. The quantitative estimate of drug-likeness (QED) is 0.0265. The second-order valence-electron chi connectivity index (χ2n) is 15.5. The molecule has 17 nitrogen and oxygen atoms in total. The number of carbonyl (C=O) groups excluding carboxylic acids is 4.